The number of halogens is 1. The summed E-state index contributed by atoms with van der Waals surface area (Å²) in [6.45, 7) is 0.385. The fraction of sp³-hybridized carbons (Fsp3) is 0.118. The molecule has 0 bridgehead atoms. The van der Waals surface area contributed by atoms with Crippen LogP contribution >= 0.6 is 11.6 Å². The van der Waals surface area contributed by atoms with Crippen LogP contribution in [0.4, 0.5) is 4.79 Å². The molecule has 2 aromatic carbocycles. The number of methoxy groups -OCH3 is 1. The maximum atomic E-state index is 11.7. The third-order valence-electron chi connectivity index (χ3n) is 3.01. The van der Waals surface area contributed by atoms with Crippen LogP contribution in [-0.4, -0.2) is 13.1 Å². The van der Waals surface area contributed by atoms with Gasteiger partial charge in [0.1, 0.15) is 5.75 Å². The Morgan fingerprint density at radius 3 is 2.68 bits per heavy atom. The molecule has 2 N–H and O–H groups in total. The zero-order chi connectivity index (χ0) is 15.8. The molecule has 2 aromatic rings. The first-order valence-corrected chi connectivity index (χ1v) is 7.16. The summed E-state index contributed by atoms with van der Waals surface area (Å²) in [4.78, 5) is 11.7. The van der Waals surface area contributed by atoms with Gasteiger partial charge < -0.3 is 15.4 Å². The number of carbonyl (C=O) groups is 1. The number of para-hydroxylation sites is 1. The fourth-order valence-corrected chi connectivity index (χ4v) is 2.09. The van der Waals surface area contributed by atoms with Crippen molar-refractivity contribution in [1.29, 1.82) is 0 Å². The minimum Gasteiger partial charge on any atom is -0.496 e. The first-order valence-electron chi connectivity index (χ1n) is 6.78. The van der Waals surface area contributed by atoms with Gasteiger partial charge in [0.15, 0.2) is 0 Å². The van der Waals surface area contributed by atoms with E-state index < -0.39 is 0 Å². The van der Waals surface area contributed by atoms with Crippen molar-refractivity contribution in [3.8, 4) is 5.75 Å². The second-order valence-electron chi connectivity index (χ2n) is 4.49. The average Bonchev–Trinajstić information content (AvgIpc) is 2.55. The van der Waals surface area contributed by atoms with Crippen molar-refractivity contribution in [2.24, 2.45) is 0 Å². The van der Waals surface area contributed by atoms with E-state index in [1.165, 1.54) is 0 Å². The highest BCUT2D eigenvalue weighted by atomic mass is 35.5. The summed E-state index contributed by atoms with van der Waals surface area (Å²) in [5.41, 5.74) is 1.75. The van der Waals surface area contributed by atoms with E-state index >= 15 is 0 Å². The number of hydrogen-bond acceptors (Lipinski definition) is 2. The van der Waals surface area contributed by atoms with Gasteiger partial charge in [0.2, 0.25) is 0 Å². The first-order chi connectivity index (χ1) is 10.7. The van der Waals surface area contributed by atoms with Gasteiger partial charge in [-0.3, -0.25) is 0 Å². The van der Waals surface area contributed by atoms with Gasteiger partial charge >= 0.3 is 6.03 Å². The molecule has 0 aliphatic heterocycles. The van der Waals surface area contributed by atoms with Crippen LogP contribution in [0.1, 0.15) is 11.1 Å². The molecule has 0 unspecified atom stereocenters. The van der Waals surface area contributed by atoms with E-state index in [-0.39, 0.29) is 6.03 Å². The number of ether oxygens (including phenoxy) is 1. The van der Waals surface area contributed by atoms with Crippen molar-refractivity contribution in [2.45, 2.75) is 6.54 Å². The van der Waals surface area contributed by atoms with Crippen LogP contribution in [0.15, 0.2) is 54.7 Å². The molecule has 0 spiro atoms. The molecule has 0 saturated heterocycles. The summed E-state index contributed by atoms with van der Waals surface area (Å²) < 4.78 is 5.23. The molecule has 0 heterocycles. The second-order valence-corrected chi connectivity index (χ2v) is 4.90. The molecule has 2 amide bonds. The molecule has 0 aromatic heterocycles. The minimum absolute atomic E-state index is 0.297. The van der Waals surface area contributed by atoms with Crippen molar-refractivity contribution in [3.05, 3.63) is 70.9 Å². The van der Waals surface area contributed by atoms with Crippen LogP contribution in [0.3, 0.4) is 0 Å². The van der Waals surface area contributed by atoms with Crippen LogP contribution in [-0.2, 0) is 6.54 Å². The van der Waals surface area contributed by atoms with Gasteiger partial charge in [-0.2, -0.15) is 0 Å². The number of nitrogens with one attached hydrogen (secondary N) is 2. The summed E-state index contributed by atoms with van der Waals surface area (Å²) >= 11 is 6.02. The highest BCUT2D eigenvalue weighted by molar-refractivity contribution is 6.32. The molecule has 22 heavy (non-hydrogen) atoms. The Hall–Kier alpha value is -2.46. The van der Waals surface area contributed by atoms with Crippen molar-refractivity contribution < 1.29 is 9.53 Å². The van der Waals surface area contributed by atoms with Crippen LogP contribution in [0, 0.1) is 0 Å². The molecule has 2 rings (SSSR count). The van der Waals surface area contributed by atoms with Gasteiger partial charge in [0.05, 0.1) is 7.11 Å². The maximum Gasteiger partial charge on any atom is 0.319 e. The SMILES string of the molecule is COc1ccccc1CNC(=O)NC=Cc1ccccc1Cl. The Morgan fingerprint density at radius 2 is 1.91 bits per heavy atom. The van der Waals surface area contributed by atoms with Crippen LogP contribution < -0.4 is 15.4 Å². The lowest BCUT2D eigenvalue weighted by Gasteiger charge is -2.09. The highest BCUT2D eigenvalue weighted by Gasteiger charge is 2.03. The molecule has 0 fully saturated rings. The summed E-state index contributed by atoms with van der Waals surface area (Å²) in [5, 5.41) is 6.03. The quantitative estimate of drug-likeness (QED) is 0.881. The molecule has 4 nitrogen and oxygen atoms in total. The molecule has 0 aliphatic carbocycles. The smallest absolute Gasteiger partial charge is 0.319 e. The van der Waals surface area contributed by atoms with Gasteiger partial charge in [0.25, 0.3) is 0 Å². The Bertz CT molecular complexity index is 671. The Labute approximate surface area is 134 Å². The zero-order valence-corrected chi connectivity index (χ0v) is 12.9. The van der Waals surface area contributed by atoms with E-state index in [4.69, 9.17) is 16.3 Å². The van der Waals surface area contributed by atoms with Crippen LogP contribution in [0.2, 0.25) is 5.02 Å². The molecule has 0 aliphatic rings. The standard InChI is InChI=1S/C17H17ClN2O2/c1-22-16-9-5-3-7-14(16)12-20-17(21)19-11-10-13-6-2-4-8-15(13)18/h2-11H,12H2,1H3,(H2,19,20,21). The van der Waals surface area contributed by atoms with Gasteiger partial charge in [-0.25, -0.2) is 4.79 Å². The van der Waals surface area contributed by atoms with Crippen LogP contribution in [0.5, 0.6) is 5.75 Å². The number of rotatable bonds is 5. The summed E-state index contributed by atoms with van der Waals surface area (Å²) in [7, 11) is 1.60. The number of benzene rings is 2. The van der Waals surface area contributed by atoms with Gasteiger partial charge in [0, 0.05) is 23.3 Å². The zero-order valence-electron chi connectivity index (χ0n) is 12.2. The molecule has 5 heteroatoms. The van der Waals surface area contributed by atoms with E-state index in [9.17, 15) is 4.79 Å². The average molecular weight is 317 g/mol. The number of urea groups is 1. The van der Waals surface area contributed by atoms with Crippen molar-refractivity contribution >= 4 is 23.7 Å². The summed E-state index contributed by atoms with van der Waals surface area (Å²) in [5.74, 6) is 0.745. The Kier molecular flexibility index (Phi) is 5.86. The third-order valence-corrected chi connectivity index (χ3v) is 3.36. The normalized spacial score (nSPS) is 10.5. The Morgan fingerprint density at radius 1 is 1.18 bits per heavy atom. The summed E-state index contributed by atoms with van der Waals surface area (Å²) in [6.07, 6.45) is 3.30. The predicted molar refractivity (Wildman–Crippen MR) is 88.9 cm³/mol. The molecule has 0 radical (unpaired) electrons. The van der Waals surface area contributed by atoms with Crippen molar-refractivity contribution in [3.63, 3.8) is 0 Å². The van der Waals surface area contributed by atoms with E-state index in [0.29, 0.717) is 11.6 Å². The topological polar surface area (TPSA) is 50.4 Å². The lowest BCUT2D eigenvalue weighted by molar-refractivity contribution is 0.243. The van der Waals surface area contributed by atoms with Crippen molar-refractivity contribution in [1.82, 2.24) is 10.6 Å². The molecular weight excluding hydrogens is 300 g/mol. The second kappa shape index (κ2) is 8.10. The van der Waals surface area contributed by atoms with E-state index in [0.717, 1.165) is 16.9 Å². The molecule has 0 saturated carbocycles. The number of hydrogen-bond donors (Lipinski definition) is 2. The predicted octanol–water partition coefficient (Wildman–Crippen LogP) is 3.82. The minimum atomic E-state index is -0.297. The van der Waals surface area contributed by atoms with E-state index in [1.807, 2.05) is 42.5 Å². The Balaban J connectivity index is 1.85. The highest BCUT2D eigenvalue weighted by Crippen LogP contribution is 2.17. The molecule has 114 valence electrons. The lowest BCUT2D eigenvalue weighted by atomic mass is 10.2. The van der Waals surface area contributed by atoms with E-state index in [1.54, 1.807) is 25.5 Å². The molecular formula is C17H17ClN2O2. The van der Waals surface area contributed by atoms with Gasteiger partial charge in [-0.05, 0) is 23.8 Å². The first kappa shape index (κ1) is 15.9. The van der Waals surface area contributed by atoms with E-state index in [2.05, 4.69) is 10.6 Å². The number of amides is 2. The maximum absolute atomic E-state index is 11.7. The van der Waals surface area contributed by atoms with Crippen LogP contribution in [0.25, 0.3) is 6.08 Å². The third kappa shape index (κ3) is 4.53. The largest absolute Gasteiger partial charge is 0.496 e. The molecule has 0 atom stereocenters. The number of carbonyl (C=O) groups excluding carboxylic acids is 1. The van der Waals surface area contributed by atoms with Crippen molar-refractivity contribution in [2.75, 3.05) is 7.11 Å². The fourth-order valence-electron chi connectivity index (χ4n) is 1.89. The van der Waals surface area contributed by atoms with Gasteiger partial charge in [-0.1, -0.05) is 48.0 Å². The monoisotopic (exact) mass is 316 g/mol. The lowest BCUT2D eigenvalue weighted by Crippen LogP contribution is -2.31. The van der Waals surface area contributed by atoms with Gasteiger partial charge in [-0.15, -0.1) is 0 Å². The summed E-state index contributed by atoms with van der Waals surface area (Å²) in [6, 6.07) is 14.6.